The normalized spacial score (nSPS) is 15.0. The summed E-state index contributed by atoms with van der Waals surface area (Å²) < 4.78 is 13.2. The van der Waals surface area contributed by atoms with Gasteiger partial charge in [0.2, 0.25) is 5.91 Å². The molecule has 1 aromatic carbocycles. The summed E-state index contributed by atoms with van der Waals surface area (Å²) in [7, 11) is 0. The van der Waals surface area contributed by atoms with Crippen LogP contribution in [0.25, 0.3) is 0 Å². The van der Waals surface area contributed by atoms with Gasteiger partial charge in [-0.15, -0.1) is 0 Å². The molecule has 0 saturated heterocycles. The zero-order chi connectivity index (χ0) is 18.2. The average Bonchev–Trinajstić information content (AvgIpc) is 2.60. The zero-order valence-corrected chi connectivity index (χ0v) is 14.9. The Labute approximate surface area is 152 Å². The summed E-state index contributed by atoms with van der Waals surface area (Å²) in [6, 6.07) is 3.16. The van der Waals surface area contributed by atoms with Gasteiger partial charge in [0, 0.05) is 13.1 Å². The fourth-order valence-electron chi connectivity index (χ4n) is 3.06. The van der Waals surface area contributed by atoms with E-state index in [4.69, 9.17) is 17.3 Å². The highest BCUT2D eigenvalue weighted by Gasteiger charge is 2.21. The van der Waals surface area contributed by atoms with Gasteiger partial charge < -0.3 is 11.1 Å². The number of nitrogens with two attached hydrogens (primary N) is 1. The Morgan fingerprint density at radius 1 is 1.32 bits per heavy atom. The number of hydrogen-bond acceptors (Lipinski definition) is 3. The van der Waals surface area contributed by atoms with Gasteiger partial charge in [-0.25, -0.2) is 9.18 Å². The number of anilines is 1. The highest BCUT2D eigenvalue weighted by Crippen LogP contribution is 2.27. The number of nitrogens with zero attached hydrogens (tertiary/aromatic N) is 1. The van der Waals surface area contributed by atoms with E-state index in [-0.39, 0.29) is 19.0 Å². The largest absolute Gasteiger partial charge is 0.382 e. The molecular weight excluding hydrogens is 345 g/mol. The molecular formula is C18H24ClFN3O2. The average molecular weight is 369 g/mol. The molecule has 0 spiro atoms. The van der Waals surface area contributed by atoms with Crippen LogP contribution in [0.2, 0.25) is 5.02 Å². The molecule has 7 heteroatoms. The molecule has 1 saturated carbocycles. The third-order valence-electron chi connectivity index (χ3n) is 4.46. The number of benzene rings is 1. The smallest absolute Gasteiger partial charge is 0.321 e. The maximum atomic E-state index is 13.2. The Hall–Kier alpha value is -1.82. The molecule has 1 aliphatic carbocycles. The Kier molecular flexibility index (Phi) is 7.50. The van der Waals surface area contributed by atoms with Crippen LogP contribution in [0.5, 0.6) is 0 Å². The molecule has 5 nitrogen and oxygen atoms in total. The molecule has 0 atom stereocenters. The number of halogens is 2. The molecule has 1 fully saturated rings. The van der Waals surface area contributed by atoms with Crippen LogP contribution < -0.4 is 11.1 Å². The molecule has 0 bridgehead atoms. The second-order valence-corrected chi connectivity index (χ2v) is 6.73. The standard InChI is InChI=1S/C18H24ClFN3O2/c19-15-8-7-14(20)12-16(15)22-10-11-23(18(21)25)17(24)9-6-13-4-2-1-3-5-13/h7-9,12-13,22H,1-6,10-11H2,(H2,21,25). The first-order valence-electron chi connectivity index (χ1n) is 8.60. The lowest BCUT2D eigenvalue weighted by atomic mass is 9.86. The van der Waals surface area contributed by atoms with Gasteiger partial charge >= 0.3 is 6.03 Å². The van der Waals surface area contributed by atoms with Crippen molar-refractivity contribution < 1.29 is 14.0 Å². The summed E-state index contributed by atoms with van der Waals surface area (Å²) in [5, 5.41) is 3.28. The lowest BCUT2D eigenvalue weighted by Gasteiger charge is -2.23. The molecule has 1 aliphatic rings. The lowest BCUT2D eigenvalue weighted by Crippen LogP contribution is -2.43. The monoisotopic (exact) mass is 368 g/mol. The quantitative estimate of drug-likeness (QED) is 0.764. The minimum absolute atomic E-state index is 0.0855. The predicted octanol–water partition coefficient (Wildman–Crippen LogP) is 3.97. The second kappa shape index (κ2) is 9.61. The molecule has 3 amide bonds. The highest BCUT2D eigenvalue weighted by molar-refractivity contribution is 6.33. The van der Waals surface area contributed by atoms with E-state index in [0.717, 1.165) is 17.7 Å². The summed E-state index contributed by atoms with van der Waals surface area (Å²) in [5.74, 6) is -0.294. The third-order valence-corrected chi connectivity index (χ3v) is 4.79. The van der Waals surface area contributed by atoms with E-state index in [1.54, 1.807) is 6.42 Å². The molecule has 0 heterocycles. The summed E-state index contributed by atoms with van der Waals surface area (Å²) in [6.45, 7) is 0.317. The summed E-state index contributed by atoms with van der Waals surface area (Å²) in [4.78, 5) is 24.8. The number of hydrogen-bond donors (Lipinski definition) is 2. The first-order valence-corrected chi connectivity index (χ1v) is 8.98. The van der Waals surface area contributed by atoms with E-state index in [1.165, 1.54) is 37.5 Å². The van der Waals surface area contributed by atoms with Gasteiger partial charge in [-0.05, 0) is 30.5 Å². The van der Waals surface area contributed by atoms with Crippen molar-refractivity contribution in [3.8, 4) is 0 Å². The summed E-state index contributed by atoms with van der Waals surface area (Å²) >= 11 is 5.96. The van der Waals surface area contributed by atoms with Crippen LogP contribution in [-0.4, -0.2) is 29.9 Å². The van der Waals surface area contributed by atoms with Crippen molar-refractivity contribution in [2.45, 2.75) is 38.5 Å². The van der Waals surface area contributed by atoms with Gasteiger partial charge in [-0.3, -0.25) is 9.69 Å². The zero-order valence-electron chi connectivity index (χ0n) is 14.1. The molecule has 137 valence electrons. The van der Waals surface area contributed by atoms with E-state index in [1.807, 2.05) is 0 Å². The van der Waals surface area contributed by atoms with E-state index in [2.05, 4.69) is 5.32 Å². The van der Waals surface area contributed by atoms with Crippen molar-refractivity contribution >= 4 is 29.2 Å². The number of amides is 3. The highest BCUT2D eigenvalue weighted by atomic mass is 35.5. The predicted molar refractivity (Wildman–Crippen MR) is 96.7 cm³/mol. The molecule has 2 rings (SSSR count). The van der Waals surface area contributed by atoms with Crippen molar-refractivity contribution in [3.05, 3.63) is 35.5 Å². The number of carbonyl (C=O) groups excluding carboxylic acids is 2. The Morgan fingerprint density at radius 3 is 2.72 bits per heavy atom. The topological polar surface area (TPSA) is 75.4 Å². The van der Waals surface area contributed by atoms with Crippen LogP contribution in [0.3, 0.4) is 0 Å². The number of primary amides is 1. The SMILES string of the molecule is NC(=O)N(CCNc1cc(F)ccc1Cl)C(=O)[CH]CC1CCCCC1. The van der Waals surface area contributed by atoms with Crippen LogP contribution in [-0.2, 0) is 4.79 Å². The number of urea groups is 1. The van der Waals surface area contributed by atoms with Crippen molar-refractivity contribution in [3.63, 3.8) is 0 Å². The Balaban J connectivity index is 1.81. The van der Waals surface area contributed by atoms with Crippen LogP contribution in [0, 0.1) is 18.2 Å². The summed E-state index contributed by atoms with van der Waals surface area (Å²) in [6.07, 6.45) is 8.13. The van der Waals surface area contributed by atoms with Gasteiger partial charge in [0.05, 0.1) is 17.1 Å². The van der Waals surface area contributed by atoms with Crippen LogP contribution in [0.4, 0.5) is 14.9 Å². The first-order chi connectivity index (χ1) is 12.0. The lowest BCUT2D eigenvalue weighted by molar-refractivity contribution is -0.124. The van der Waals surface area contributed by atoms with Crippen molar-refractivity contribution in [1.29, 1.82) is 0 Å². The minimum atomic E-state index is -0.794. The molecule has 25 heavy (non-hydrogen) atoms. The number of nitrogens with one attached hydrogen (secondary N) is 1. The Bertz CT molecular complexity index is 606. The van der Waals surface area contributed by atoms with Crippen LogP contribution in [0.1, 0.15) is 38.5 Å². The van der Waals surface area contributed by atoms with Crippen LogP contribution in [0.15, 0.2) is 18.2 Å². The molecule has 0 aromatic heterocycles. The first kappa shape index (κ1) is 19.5. The molecule has 3 N–H and O–H groups in total. The van der Waals surface area contributed by atoms with Gasteiger partial charge in [0.15, 0.2) is 0 Å². The van der Waals surface area contributed by atoms with Crippen molar-refractivity contribution in [2.24, 2.45) is 11.7 Å². The number of rotatable bonds is 7. The fourth-order valence-corrected chi connectivity index (χ4v) is 3.25. The fraction of sp³-hybridized carbons (Fsp3) is 0.500. The third kappa shape index (κ3) is 6.20. The van der Waals surface area contributed by atoms with Crippen LogP contribution >= 0.6 is 11.6 Å². The van der Waals surface area contributed by atoms with Gasteiger partial charge in [0.25, 0.3) is 0 Å². The second-order valence-electron chi connectivity index (χ2n) is 6.32. The Morgan fingerprint density at radius 2 is 2.04 bits per heavy atom. The van der Waals surface area contributed by atoms with E-state index >= 15 is 0 Å². The molecule has 0 aliphatic heterocycles. The van der Waals surface area contributed by atoms with Gasteiger partial charge in [0.1, 0.15) is 5.82 Å². The van der Waals surface area contributed by atoms with Gasteiger partial charge in [-0.1, -0.05) is 43.7 Å². The van der Waals surface area contributed by atoms with Crippen molar-refractivity contribution in [2.75, 3.05) is 18.4 Å². The number of imide groups is 1. The molecule has 1 radical (unpaired) electrons. The molecule has 1 aromatic rings. The molecule has 0 unspecified atom stereocenters. The number of carbonyl (C=O) groups is 2. The van der Waals surface area contributed by atoms with E-state index < -0.39 is 11.8 Å². The van der Waals surface area contributed by atoms with E-state index in [9.17, 15) is 14.0 Å². The van der Waals surface area contributed by atoms with Gasteiger partial charge in [-0.2, -0.15) is 0 Å². The minimum Gasteiger partial charge on any atom is -0.382 e. The van der Waals surface area contributed by atoms with E-state index in [0.29, 0.717) is 23.0 Å². The van der Waals surface area contributed by atoms with Crippen molar-refractivity contribution in [1.82, 2.24) is 4.90 Å². The maximum Gasteiger partial charge on any atom is 0.321 e. The maximum absolute atomic E-state index is 13.2. The summed E-state index contributed by atoms with van der Waals surface area (Å²) in [5.41, 5.74) is 5.72.